The molecule has 6 heteroatoms. The molecular weight excluding hydrogens is 216 g/mol. The molecule has 1 fully saturated rings. The highest BCUT2D eigenvalue weighted by molar-refractivity contribution is 5.91. The lowest BCUT2D eigenvalue weighted by Crippen LogP contribution is -2.24. The number of methoxy groups -OCH3 is 1. The molecule has 1 aliphatic heterocycles. The number of carbonyl (C=O) groups excluding carboxylic acids is 2. The van der Waals surface area contributed by atoms with Crippen LogP contribution in [0, 0.1) is 0 Å². The van der Waals surface area contributed by atoms with E-state index in [2.05, 4.69) is 4.74 Å². The normalized spacial score (nSPS) is 23.3. The lowest BCUT2D eigenvalue weighted by molar-refractivity contribution is -0.194. The highest BCUT2D eigenvalue weighted by atomic mass is 16.8. The van der Waals surface area contributed by atoms with Gasteiger partial charge in [0.1, 0.15) is 6.61 Å². The lowest BCUT2D eigenvalue weighted by atomic mass is 10.4. The van der Waals surface area contributed by atoms with Gasteiger partial charge in [0.25, 0.3) is 0 Å². The predicted molar refractivity (Wildman–Crippen MR) is 52.2 cm³/mol. The summed E-state index contributed by atoms with van der Waals surface area (Å²) in [7, 11) is 1.22. The van der Waals surface area contributed by atoms with Gasteiger partial charge in [0.15, 0.2) is 5.79 Å². The van der Waals surface area contributed by atoms with Crippen molar-refractivity contribution >= 4 is 11.9 Å². The molecule has 0 N–H and O–H groups in total. The zero-order valence-electron chi connectivity index (χ0n) is 9.39. The van der Waals surface area contributed by atoms with Gasteiger partial charge in [-0.05, 0) is 13.8 Å². The van der Waals surface area contributed by atoms with E-state index in [0.717, 1.165) is 12.2 Å². The number of rotatable bonds is 3. The number of hydrogen-bond donors (Lipinski definition) is 0. The minimum atomic E-state index is -0.753. The second-order valence-electron chi connectivity index (χ2n) is 3.55. The number of esters is 2. The Labute approximate surface area is 93.1 Å². The highest BCUT2D eigenvalue weighted by Gasteiger charge is 2.34. The van der Waals surface area contributed by atoms with Gasteiger partial charge in [0.05, 0.1) is 7.11 Å². The fraction of sp³-hybridized carbons (Fsp3) is 0.600. The van der Waals surface area contributed by atoms with Crippen LogP contribution in [0.15, 0.2) is 12.2 Å². The van der Waals surface area contributed by atoms with E-state index in [1.807, 2.05) is 0 Å². The van der Waals surface area contributed by atoms with Crippen molar-refractivity contribution in [1.29, 1.82) is 0 Å². The van der Waals surface area contributed by atoms with Crippen LogP contribution in [-0.2, 0) is 28.5 Å². The Bertz CT molecular complexity index is 306. The first-order valence-electron chi connectivity index (χ1n) is 4.71. The number of ether oxygens (including phenoxy) is 4. The van der Waals surface area contributed by atoms with Crippen molar-refractivity contribution in [2.45, 2.75) is 25.9 Å². The molecule has 0 aliphatic carbocycles. The summed E-state index contributed by atoms with van der Waals surface area (Å²) in [4.78, 5) is 21.9. The van der Waals surface area contributed by atoms with Crippen molar-refractivity contribution in [2.75, 3.05) is 13.7 Å². The largest absolute Gasteiger partial charge is 0.466 e. The first-order chi connectivity index (χ1) is 7.43. The van der Waals surface area contributed by atoms with E-state index >= 15 is 0 Å². The van der Waals surface area contributed by atoms with Crippen LogP contribution in [0.1, 0.15) is 13.8 Å². The first-order valence-corrected chi connectivity index (χ1v) is 4.71. The Morgan fingerprint density at radius 2 is 1.94 bits per heavy atom. The van der Waals surface area contributed by atoms with Crippen molar-refractivity contribution in [3.8, 4) is 0 Å². The molecule has 1 atom stereocenters. The van der Waals surface area contributed by atoms with Gasteiger partial charge in [-0.2, -0.15) is 0 Å². The molecule has 16 heavy (non-hydrogen) atoms. The van der Waals surface area contributed by atoms with Crippen LogP contribution in [-0.4, -0.2) is 37.7 Å². The molecule has 0 bridgehead atoms. The summed E-state index contributed by atoms with van der Waals surface area (Å²) < 4.78 is 19.6. The standard InChI is InChI=1S/C10H14O6/c1-10(2)14-6-9(16-10)15-8(12)5-4-7(11)13-3/h4-5,9H,6H2,1-3H3/b5-4+/t9-/m0/s1. The van der Waals surface area contributed by atoms with Crippen LogP contribution in [0.4, 0.5) is 0 Å². The van der Waals surface area contributed by atoms with Crippen LogP contribution in [0.5, 0.6) is 0 Å². The van der Waals surface area contributed by atoms with Crippen molar-refractivity contribution in [3.63, 3.8) is 0 Å². The van der Waals surface area contributed by atoms with E-state index in [0.29, 0.717) is 0 Å². The summed E-state index contributed by atoms with van der Waals surface area (Å²) in [5.41, 5.74) is 0. The topological polar surface area (TPSA) is 71.1 Å². The Morgan fingerprint density at radius 3 is 2.44 bits per heavy atom. The molecule has 0 aromatic heterocycles. The quantitative estimate of drug-likeness (QED) is 0.515. The summed E-state index contributed by atoms with van der Waals surface area (Å²) in [6.45, 7) is 3.60. The zero-order chi connectivity index (χ0) is 12.2. The third kappa shape index (κ3) is 4.00. The molecule has 1 rings (SSSR count). The molecule has 0 radical (unpaired) electrons. The van der Waals surface area contributed by atoms with Crippen LogP contribution >= 0.6 is 0 Å². The van der Waals surface area contributed by atoms with Crippen LogP contribution in [0.3, 0.4) is 0 Å². The molecule has 1 aliphatic rings. The third-order valence-corrected chi connectivity index (χ3v) is 1.79. The average molecular weight is 230 g/mol. The third-order valence-electron chi connectivity index (χ3n) is 1.79. The van der Waals surface area contributed by atoms with Gasteiger partial charge in [-0.25, -0.2) is 9.59 Å². The number of hydrogen-bond acceptors (Lipinski definition) is 6. The monoisotopic (exact) mass is 230 g/mol. The molecule has 0 aromatic rings. The van der Waals surface area contributed by atoms with E-state index < -0.39 is 24.0 Å². The Kier molecular flexibility index (Phi) is 4.03. The molecule has 0 aromatic carbocycles. The molecular formula is C10H14O6. The van der Waals surface area contributed by atoms with Gasteiger partial charge in [-0.1, -0.05) is 0 Å². The van der Waals surface area contributed by atoms with Crippen LogP contribution < -0.4 is 0 Å². The average Bonchev–Trinajstić information content (AvgIpc) is 2.54. The minimum absolute atomic E-state index is 0.171. The maximum absolute atomic E-state index is 11.2. The lowest BCUT2D eigenvalue weighted by Gasteiger charge is -2.16. The second kappa shape index (κ2) is 5.09. The summed E-state index contributed by atoms with van der Waals surface area (Å²) in [6.07, 6.45) is 1.20. The van der Waals surface area contributed by atoms with Gasteiger partial charge >= 0.3 is 11.9 Å². The van der Waals surface area contributed by atoms with Gasteiger partial charge in [0, 0.05) is 12.2 Å². The molecule has 90 valence electrons. The number of carbonyl (C=O) groups is 2. The van der Waals surface area contributed by atoms with Gasteiger partial charge < -0.3 is 18.9 Å². The molecule has 0 amide bonds. The van der Waals surface area contributed by atoms with E-state index in [9.17, 15) is 9.59 Å². The summed E-state index contributed by atoms with van der Waals surface area (Å²) >= 11 is 0. The Morgan fingerprint density at radius 1 is 1.31 bits per heavy atom. The molecule has 0 unspecified atom stereocenters. The van der Waals surface area contributed by atoms with Gasteiger partial charge in [-0.15, -0.1) is 0 Å². The van der Waals surface area contributed by atoms with Crippen molar-refractivity contribution in [2.24, 2.45) is 0 Å². The molecule has 1 heterocycles. The summed E-state index contributed by atoms with van der Waals surface area (Å²) in [6, 6.07) is 0. The molecule has 1 saturated heterocycles. The summed E-state index contributed by atoms with van der Waals surface area (Å²) in [5, 5.41) is 0. The van der Waals surface area contributed by atoms with Crippen molar-refractivity contribution in [3.05, 3.63) is 12.2 Å². The molecule has 6 nitrogen and oxygen atoms in total. The molecule has 0 saturated carbocycles. The highest BCUT2D eigenvalue weighted by Crippen LogP contribution is 2.22. The van der Waals surface area contributed by atoms with Gasteiger partial charge in [0.2, 0.25) is 6.29 Å². The van der Waals surface area contributed by atoms with Gasteiger partial charge in [-0.3, -0.25) is 0 Å². The van der Waals surface area contributed by atoms with E-state index in [4.69, 9.17) is 14.2 Å². The maximum atomic E-state index is 11.2. The van der Waals surface area contributed by atoms with Crippen molar-refractivity contribution in [1.82, 2.24) is 0 Å². The predicted octanol–water partition coefficient (Wildman–Crippen LogP) is 0.368. The minimum Gasteiger partial charge on any atom is -0.466 e. The summed E-state index contributed by atoms with van der Waals surface area (Å²) in [5.74, 6) is -2.06. The zero-order valence-corrected chi connectivity index (χ0v) is 9.39. The van der Waals surface area contributed by atoms with E-state index in [1.165, 1.54) is 7.11 Å². The van der Waals surface area contributed by atoms with E-state index in [1.54, 1.807) is 13.8 Å². The first kappa shape index (κ1) is 12.7. The van der Waals surface area contributed by atoms with Crippen LogP contribution in [0.25, 0.3) is 0 Å². The fourth-order valence-corrected chi connectivity index (χ4v) is 1.08. The smallest absolute Gasteiger partial charge is 0.333 e. The second-order valence-corrected chi connectivity index (χ2v) is 3.55. The van der Waals surface area contributed by atoms with E-state index in [-0.39, 0.29) is 6.61 Å². The fourth-order valence-electron chi connectivity index (χ4n) is 1.08. The van der Waals surface area contributed by atoms with Crippen molar-refractivity contribution < 1.29 is 28.5 Å². The maximum Gasteiger partial charge on any atom is 0.333 e. The Hall–Kier alpha value is -1.40. The molecule has 0 spiro atoms. The Balaban J connectivity index is 2.36. The van der Waals surface area contributed by atoms with Crippen LogP contribution in [0.2, 0.25) is 0 Å². The SMILES string of the molecule is COC(=O)/C=C/C(=O)O[C@@H]1COC(C)(C)O1.